The average molecular weight is 358 g/mol. The number of hydrogen-bond donors (Lipinski definition) is 1. The summed E-state index contributed by atoms with van der Waals surface area (Å²) in [6.45, 7) is 0. The van der Waals surface area contributed by atoms with Gasteiger partial charge >= 0.3 is 0 Å². The van der Waals surface area contributed by atoms with E-state index in [9.17, 15) is 4.79 Å². The molecule has 1 heterocycles. The van der Waals surface area contributed by atoms with E-state index in [0.29, 0.717) is 11.6 Å². The lowest BCUT2D eigenvalue weighted by Crippen LogP contribution is -2.10. The Labute approximate surface area is 156 Å². The Hall–Kier alpha value is -2.85. The van der Waals surface area contributed by atoms with Crippen molar-refractivity contribution in [2.75, 3.05) is 0 Å². The maximum Gasteiger partial charge on any atom is 0.251 e. The fourth-order valence-electron chi connectivity index (χ4n) is 2.93. The second kappa shape index (κ2) is 7.58. The van der Waals surface area contributed by atoms with Gasteiger partial charge in [-0.3, -0.25) is 4.79 Å². The molecule has 0 fully saturated rings. The van der Waals surface area contributed by atoms with E-state index >= 15 is 0 Å². The maximum atomic E-state index is 12.0. The lowest BCUT2D eigenvalue weighted by Gasteiger charge is -2.06. The zero-order valence-electron chi connectivity index (χ0n) is 14.2. The number of rotatable bonds is 5. The standard InChI is InChI=1S/C22H18N2OS/c25-21-14-20(13-16-6-2-1-3-7-16)23-22(24-21)26-15-17-10-11-18-8-4-5-9-19(18)12-17/h1-12,14H,13,15H2,(H,23,24,25). The number of nitrogens with one attached hydrogen (secondary N) is 1. The molecule has 1 N–H and O–H groups in total. The highest BCUT2D eigenvalue weighted by atomic mass is 32.2. The molecule has 0 aliphatic carbocycles. The number of aromatic amines is 1. The van der Waals surface area contributed by atoms with Crippen LogP contribution in [0.2, 0.25) is 0 Å². The number of fused-ring (bicyclic) bond motifs is 1. The monoisotopic (exact) mass is 358 g/mol. The SMILES string of the molecule is O=c1cc(Cc2ccccc2)nc(SCc2ccc3ccccc3c2)[nH]1. The first kappa shape index (κ1) is 16.6. The van der Waals surface area contributed by atoms with Crippen LogP contribution in [0, 0.1) is 0 Å². The van der Waals surface area contributed by atoms with Gasteiger partial charge < -0.3 is 4.98 Å². The van der Waals surface area contributed by atoms with E-state index in [1.165, 1.54) is 16.3 Å². The summed E-state index contributed by atoms with van der Waals surface area (Å²) in [5, 5.41) is 3.12. The van der Waals surface area contributed by atoms with Gasteiger partial charge in [0.25, 0.3) is 5.56 Å². The van der Waals surface area contributed by atoms with E-state index < -0.39 is 0 Å². The zero-order valence-corrected chi connectivity index (χ0v) is 15.0. The van der Waals surface area contributed by atoms with Crippen molar-refractivity contribution in [2.24, 2.45) is 0 Å². The van der Waals surface area contributed by atoms with Crippen LogP contribution in [0.5, 0.6) is 0 Å². The number of H-pyrrole nitrogens is 1. The predicted molar refractivity (Wildman–Crippen MR) is 108 cm³/mol. The third-order valence-corrected chi connectivity index (χ3v) is 5.13. The van der Waals surface area contributed by atoms with Crippen LogP contribution in [0.1, 0.15) is 16.8 Å². The van der Waals surface area contributed by atoms with Crippen molar-refractivity contribution in [2.45, 2.75) is 17.3 Å². The Morgan fingerprint density at radius 3 is 2.42 bits per heavy atom. The molecule has 1 aromatic heterocycles. The number of nitrogens with zero attached hydrogens (tertiary/aromatic N) is 1. The number of benzene rings is 3. The van der Waals surface area contributed by atoms with Crippen molar-refractivity contribution in [3.63, 3.8) is 0 Å². The summed E-state index contributed by atoms with van der Waals surface area (Å²) >= 11 is 1.55. The minimum atomic E-state index is -0.105. The quantitative estimate of drug-likeness (QED) is 0.411. The lowest BCUT2D eigenvalue weighted by molar-refractivity contribution is 0.879. The summed E-state index contributed by atoms with van der Waals surface area (Å²) in [4.78, 5) is 19.4. The van der Waals surface area contributed by atoms with Crippen LogP contribution in [0.25, 0.3) is 10.8 Å². The van der Waals surface area contributed by atoms with Gasteiger partial charge in [-0.25, -0.2) is 4.98 Å². The molecule has 0 spiro atoms. The average Bonchev–Trinajstić information content (AvgIpc) is 2.67. The highest BCUT2D eigenvalue weighted by Gasteiger charge is 2.05. The van der Waals surface area contributed by atoms with Gasteiger partial charge in [-0.2, -0.15) is 0 Å². The fraction of sp³-hybridized carbons (Fsp3) is 0.0909. The van der Waals surface area contributed by atoms with Crippen LogP contribution >= 0.6 is 11.8 Å². The van der Waals surface area contributed by atoms with Crippen LogP contribution in [0.3, 0.4) is 0 Å². The van der Waals surface area contributed by atoms with Gasteiger partial charge in [-0.15, -0.1) is 0 Å². The van der Waals surface area contributed by atoms with Gasteiger partial charge in [0.2, 0.25) is 0 Å². The number of aromatic nitrogens is 2. The van der Waals surface area contributed by atoms with Gasteiger partial charge in [-0.05, 0) is 21.9 Å². The Morgan fingerprint density at radius 1 is 0.808 bits per heavy atom. The van der Waals surface area contributed by atoms with Crippen LogP contribution in [-0.4, -0.2) is 9.97 Å². The Bertz CT molecular complexity index is 1090. The maximum absolute atomic E-state index is 12.0. The summed E-state index contributed by atoms with van der Waals surface area (Å²) in [5.41, 5.74) is 3.05. The van der Waals surface area contributed by atoms with Gasteiger partial charge in [0.05, 0.1) is 5.69 Å². The van der Waals surface area contributed by atoms with Crippen molar-refractivity contribution in [1.82, 2.24) is 9.97 Å². The summed E-state index contributed by atoms with van der Waals surface area (Å²) in [6, 6.07) is 26.4. The molecule has 3 nitrogen and oxygen atoms in total. The van der Waals surface area contributed by atoms with Gasteiger partial charge in [0, 0.05) is 18.2 Å². The summed E-state index contributed by atoms with van der Waals surface area (Å²) in [7, 11) is 0. The molecule has 0 saturated carbocycles. The first-order valence-corrected chi connectivity index (χ1v) is 9.49. The number of thioether (sulfide) groups is 1. The van der Waals surface area contributed by atoms with E-state index in [1.807, 2.05) is 42.5 Å². The molecule has 128 valence electrons. The first-order valence-electron chi connectivity index (χ1n) is 8.51. The van der Waals surface area contributed by atoms with E-state index in [0.717, 1.165) is 17.0 Å². The first-order chi connectivity index (χ1) is 12.8. The van der Waals surface area contributed by atoms with Crippen LogP contribution in [0.4, 0.5) is 0 Å². The third-order valence-electron chi connectivity index (χ3n) is 4.19. The van der Waals surface area contributed by atoms with Crippen molar-refractivity contribution in [1.29, 1.82) is 0 Å². The molecule has 0 saturated heterocycles. The molecule has 0 atom stereocenters. The molecule has 4 rings (SSSR count). The smallest absolute Gasteiger partial charge is 0.251 e. The molecular formula is C22H18N2OS. The minimum absolute atomic E-state index is 0.105. The summed E-state index contributed by atoms with van der Waals surface area (Å²) < 4.78 is 0. The second-order valence-corrected chi connectivity index (χ2v) is 7.14. The molecule has 0 unspecified atom stereocenters. The summed E-state index contributed by atoms with van der Waals surface area (Å²) in [5.74, 6) is 0.766. The Kier molecular flexibility index (Phi) is 4.84. The molecule has 0 bridgehead atoms. The van der Waals surface area contributed by atoms with Crippen LogP contribution in [0.15, 0.2) is 88.8 Å². The highest BCUT2D eigenvalue weighted by molar-refractivity contribution is 7.98. The largest absolute Gasteiger partial charge is 0.301 e. The van der Waals surface area contributed by atoms with E-state index in [1.54, 1.807) is 17.8 Å². The topological polar surface area (TPSA) is 45.8 Å². The third kappa shape index (κ3) is 4.03. The highest BCUT2D eigenvalue weighted by Crippen LogP contribution is 2.22. The van der Waals surface area contributed by atoms with Crippen molar-refractivity contribution < 1.29 is 0 Å². The van der Waals surface area contributed by atoms with Crippen molar-refractivity contribution >= 4 is 22.5 Å². The molecule has 0 radical (unpaired) electrons. The Morgan fingerprint density at radius 2 is 1.58 bits per heavy atom. The minimum Gasteiger partial charge on any atom is -0.301 e. The molecule has 0 aliphatic rings. The molecular weight excluding hydrogens is 340 g/mol. The van der Waals surface area contributed by atoms with E-state index in [2.05, 4.69) is 40.3 Å². The van der Waals surface area contributed by atoms with Gasteiger partial charge in [0.1, 0.15) is 0 Å². The Balaban J connectivity index is 1.51. The summed E-state index contributed by atoms with van der Waals surface area (Å²) in [6.07, 6.45) is 0.661. The molecule has 26 heavy (non-hydrogen) atoms. The normalized spacial score (nSPS) is 10.9. The molecule has 3 aromatic carbocycles. The lowest BCUT2D eigenvalue weighted by atomic mass is 10.1. The van der Waals surface area contributed by atoms with Crippen molar-refractivity contribution in [3.8, 4) is 0 Å². The second-order valence-electron chi connectivity index (χ2n) is 6.17. The predicted octanol–water partition coefficient (Wildman–Crippen LogP) is 4.81. The van der Waals surface area contributed by atoms with Gasteiger partial charge in [-0.1, -0.05) is 84.6 Å². The van der Waals surface area contributed by atoms with Crippen molar-refractivity contribution in [3.05, 3.63) is 106 Å². The van der Waals surface area contributed by atoms with Crippen LogP contribution < -0.4 is 5.56 Å². The van der Waals surface area contributed by atoms with E-state index in [4.69, 9.17) is 0 Å². The van der Waals surface area contributed by atoms with E-state index in [-0.39, 0.29) is 5.56 Å². The molecule has 0 amide bonds. The molecule has 0 aliphatic heterocycles. The molecule has 4 aromatic rings. The van der Waals surface area contributed by atoms with Crippen LogP contribution in [-0.2, 0) is 12.2 Å². The zero-order chi connectivity index (χ0) is 17.8. The fourth-order valence-corrected chi connectivity index (χ4v) is 3.77. The number of hydrogen-bond acceptors (Lipinski definition) is 3. The van der Waals surface area contributed by atoms with Gasteiger partial charge in [0.15, 0.2) is 5.16 Å². The molecule has 4 heteroatoms.